The summed E-state index contributed by atoms with van der Waals surface area (Å²) in [6.45, 7) is 2.57. The van der Waals surface area contributed by atoms with E-state index in [2.05, 4.69) is 11.9 Å². The van der Waals surface area contributed by atoms with Crippen molar-refractivity contribution >= 4 is 38.6 Å². The van der Waals surface area contributed by atoms with E-state index in [9.17, 15) is 13.2 Å². The summed E-state index contributed by atoms with van der Waals surface area (Å²) in [6.07, 6.45) is 1.81. The molecule has 2 aromatic carbocycles. The predicted molar refractivity (Wildman–Crippen MR) is 120 cm³/mol. The molecule has 172 valence electrons. The normalized spacial score (nSPS) is 11.5. The highest BCUT2D eigenvalue weighted by atomic mass is 35.5. The van der Waals surface area contributed by atoms with E-state index in [1.54, 1.807) is 6.07 Å². The Morgan fingerprint density at radius 2 is 1.94 bits per heavy atom. The molecule has 3 aromatic rings. The van der Waals surface area contributed by atoms with E-state index in [1.165, 1.54) is 38.5 Å². The third kappa shape index (κ3) is 4.98. The first-order chi connectivity index (χ1) is 15.2. The molecule has 2 N–H and O–H groups in total. The number of benzene rings is 2. The molecule has 0 bridgehead atoms. The van der Waals surface area contributed by atoms with E-state index in [-0.39, 0.29) is 22.1 Å². The highest BCUT2D eigenvalue weighted by molar-refractivity contribution is 7.89. The molecule has 0 atom stereocenters. The number of aryl methyl sites for hydroxylation is 1. The maximum Gasteiger partial charge on any atom is 0.338 e. The minimum Gasteiger partial charge on any atom is -0.493 e. The van der Waals surface area contributed by atoms with E-state index < -0.39 is 16.0 Å². The molecule has 11 heteroatoms. The first kappa shape index (κ1) is 23.8. The first-order valence-corrected chi connectivity index (χ1v) is 11.7. The summed E-state index contributed by atoms with van der Waals surface area (Å²) >= 11 is 6.17. The highest BCUT2D eigenvalue weighted by Gasteiger charge is 2.19. The summed E-state index contributed by atoms with van der Waals surface area (Å²) in [6, 6.07) is 7.40. The van der Waals surface area contributed by atoms with Gasteiger partial charge in [-0.05, 0) is 36.8 Å². The van der Waals surface area contributed by atoms with Crippen LogP contribution in [0.2, 0.25) is 5.02 Å². The molecule has 0 radical (unpaired) electrons. The van der Waals surface area contributed by atoms with Gasteiger partial charge in [-0.1, -0.05) is 24.9 Å². The number of imidazole rings is 1. The van der Waals surface area contributed by atoms with Crippen LogP contribution in [0.5, 0.6) is 11.5 Å². The van der Waals surface area contributed by atoms with Crippen LogP contribution in [-0.4, -0.2) is 38.2 Å². The number of rotatable bonds is 9. The molecule has 1 aromatic heterocycles. The number of sulfonamides is 1. The summed E-state index contributed by atoms with van der Waals surface area (Å²) in [5.41, 5.74) is 1.37. The number of hydrogen-bond donors (Lipinski definition) is 1. The van der Waals surface area contributed by atoms with Gasteiger partial charge in [-0.15, -0.1) is 0 Å². The number of fused-ring (bicyclic) bond motifs is 1. The number of esters is 1. The van der Waals surface area contributed by atoms with Crippen LogP contribution < -0.4 is 14.6 Å². The Balaban J connectivity index is 1.90. The SMILES string of the molecule is CCCCn1c(COC(=O)c2cc(Cl)c(OC)c(OC)c2)nc2cc(S(N)(=O)=O)ccc21. The molecule has 9 nitrogen and oxygen atoms in total. The maximum absolute atomic E-state index is 12.7. The van der Waals surface area contributed by atoms with Crippen molar-refractivity contribution in [1.82, 2.24) is 9.55 Å². The number of primary sulfonamides is 1. The minimum atomic E-state index is -3.86. The fraction of sp³-hybridized carbons (Fsp3) is 0.333. The summed E-state index contributed by atoms with van der Waals surface area (Å²) in [5, 5.41) is 5.44. The van der Waals surface area contributed by atoms with Crippen LogP contribution in [0.15, 0.2) is 35.2 Å². The molecule has 3 rings (SSSR count). The van der Waals surface area contributed by atoms with Crippen LogP contribution in [0, 0.1) is 0 Å². The number of aromatic nitrogens is 2. The van der Waals surface area contributed by atoms with Crippen molar-refractivity contribution in [3.05, 3.63) is 46.7 Å². The zero-order valence-electron chi connectivity index (χ0n) is 17.9. The van der Waals surface area contributed by atoms with Crippen molar-refractivity contribution in [2.75, 3.05) is 14.2 Å². The third-order valence-corrected chi connectivity index (χ3v) is 6.06. The Bertz CT molecular complexity index is 1260. The van der Waals surface area contributed by atoms with Crippen LogP contribution in [0.25, 0.3) is 11.0 Å². The lowest BCUT2D eigenvalue weighted by Gasteiger charge is -2.12. The molecule has 1 heterocycles. The lowest BCUT2D eigenvalue weighted by molar-refractivity contribution is 0.0458. The van der Waals surface area contributed by atoms with Crippen molar-refractivity contribution in [3.8, 4) is 11.5 Å². The standard InChI is InChI=1S/C21H24ClN3O6S/c1-4-5-8-25-17-7-6-14(32(23,27)28)11-16(17)24-19(25)12-31-21(26)13-9-15(22)20(30-3)18(10-13)29-2/h6-7,9-11H,4-5,8,12H2,1-3H3,(H2,23,27,28). The Labute approximate surface area is 191 Å². The average Bonchev–Trinajstić information content (AvgIpc) is 3.11. The second-order valence-electron chi connectivity index (χ2n) is 7.00. The molecule has 0 aliphatic rings. The summed E-state index contributed by atoms with van der Waals surface area (Å²) in [4.78, 5) is 17.1. The molecule has 0 saturated carbocycles. The third-order valence-electron chi connectivity index (χ3n) is 4.86. The van der Waals surface area contributed by atoms with Gasteiger partial charge in [0.25, 0.3) is 0 Å². The quantitative estimate of drug-likeness (QED) is 0.464. The Kier molecular flexibility index (Phi) is 7.27. The summed E-state index contributed by atoms with van der Waals surface area (Å²) in [5.74, 6) is 0.488. The van der Waals surface area contributed by atoms with Crippen LogP contribution in [-0.2, 0) is 27.9 Å². The van der Waals surface area contributed by atoms with Crippen LogP contribution in [0.1, 0.15) is 35.9 Å². The summed E-state index contributed by atoms with van der Waals surface area (Å²) < 4.78 is 41.1. The number of nitrogens with zero attached hydrogens (tertiary/aromatic N) is 2. The lowest BCUT2D eigenvalue weighted by Crippen LogP contribution is -2.12. The van der Waals surface area contributed by atoms with E-state index in [0.717, 1.165) is 18.4 Å². The fourth-order valence-corrected chi connectivity index (χ4v) is 4.08. The number of nitrogens with two attached hydrogens (primary N) is 1. The molecule has 0 amide bonds. The lowest BCUT2D eigenvalue weighted by atomic mass is 10.2. The topological polar surface area (TPSA) is 123 Å². The van der Waals surface area contributed by atoms with Gasteiger partial charge >= 0.3 is 5.97 Å². The molecule has 0 fully saturated rings. The molecule has 0 spiro atoms. The predicted octanol–water partition coefficient (Wildman–Crippen LogP) is 3.51. The van der Waals surface area contributed by atoms with E-state index in [4.69, 9.17) is 31.0 Å². The summed E-state index contributed by atoms with van der Waals surface area (Å²) in [7, 11) is -0.974. The smallest absolute Gasteiger partial charge is 0.338 e. The Morgan fingerprint density at radius 3 is 2.56 bits per heavy atom. The number of halogens is 1. The van der Waals surface area contributed by atoms with Crippen LogP contribution in [0.3, 0.4) is 0 Å². The van der Waals surface area contributed by atoms with Crippen LogP contribution in [0.4, 0.5) is 0 Å². The van der Waals surface area contributed by atoms with Gasteiger partial charge in [-0.3, -0.25) is 0 Å². The number of carbonyl (C=O) groups excluding carboxylic acids is 1. The molecular formula is C21H24ClN3O6S. The van der Waals surface area contributed by atoms with Crippen molar-refractivity contribution in [2.24, 2.45) is 5.14 Å². The second kappa shape index (κ2) is 9.76. The molecular weight excluding hydrogens is 458 g/mol. The van der Waals surface area contributed by atoms with Gasteiger partial charge in [0, 0.05) is 6.54 Å². The van der Waals surface area contributed by atoms with Crippen molar-refractivity contribution in [1.29, 1.82) is 0 Å². The maximum atomic E-state index is 12.7. The van der Waals surface area contributed by atoms with E-state index in [1.807, 2.05) is 4.57 Å². The first-order valence-electron chi connectivity index (χ1n) is 9.80. The zero-order valence-corrected chi connectivity index (χ0v) is 19.5. The highest BCUT2D eigenvalue weighted by Crippen LogP contribution is 2.36. The van der Waals surface area contributed by atoms with Gasteiger partial charge in [0.1, 0.15) is 12.4 Å². The van der Waals surface area contributed by atoms with Gasteiger partial charge in [0.05, 0.1) is 40.7 Å². The Hall–Kier alpha value is -2.82. The monoisotopic (exact) mass is 481 g/mol. The largest absolute Gasteiger partial charge is 0.493 e. The number of carbonyl (C=O) groups is 1. The second-order valence-corrected chi connectivity index (χ2v) is 8.97. The van der Waals surface area contributed by atoms with Gasteiger partial charge in [0.2, 0.25) is 10.0 Å². The van der Waals surface area contributed by atoms with E-state index in [0.29, 0.717) is 29.4 Å². The number of methoxy groups -OCH3 is 2. The Morgan fingerprint density at radius 1 is 1.19 bits per heavy atom. The number of unbranched alkanes of at least 4 members (excludes halogenated alkanes) is 1. The van der Waals surface area contributed by atoms with Gasteiger partial charge < -0.3 is 18.8 Å². The number of hydrogen-bond acceptors (Lipinski definition) is 7. The number of ether oxygens (including phenoxy) is 3. The van der Waals surface area contributed by atoms with Gasteiger partial charge in [0.15, 0.2) is 11.5 Å². The fourth-order valence-electron chi connectivity index (χ4n) is 3.26. The van der Waals surface area contributed by atoms with Gasteiger partial charge in [-0.25, -0.2) is 23.3 Å². The molecule has 32 heavy (non-hydrogen) atoms. The van der Waals surface area contributed by atoms with Crippen LogP contribution >= 0.6 is 11.6 Å². The van der Waals surface area contributed by atoms with Crippen molar-refractivity contribution in [2.45, 2.75) is 37.8 Å². The molecule has 0 unspecified atom stereocenters. The molecule has 0 saturated heterocycles. The molecule has 0 aliphatic carbocycles. The molecule has 0 aliphatic heterocycles. The van der Waals surface area contributed by atoms with E-state index >= 15 is 0 Å². The average molecular weight is 482 g/mol. The van der Waals surface area contributed by atoms with Gasteiger partial charge in [-0.2, -0.15) is 0 Å². The zero-order chi connectivity index (χ0) is 23.5. The van der Waals surface area contributed by atoms with Crippen molar-refractivity contribution in [3.63, 3.8) is 0 Å². The minimum absolute atomic E-state index is 0.0337. The van der Waals surface area contributed by atoms with Crippen molar-refractivity contribution < 1.29 is 27.4 Å².